The number of aromatic nitrogens is 1. The number of hydrogen-bond donors (Lipinski definition) is 2. The molecule has 0 fully saturated rings. The number of benzene rings is 1. The number of nitrogens with one attached hydrogen (secondary N) is 1. The van der Waals surface area contributed by atoms with Crippen LogP contribution in [0.5, 0.6) is 0 Å². The van der Waals surface area contributed by atoms with Crippen molar-refractivity contribution < 1.29 is 4.79 Å². The van der Waals surface area contributed by atoms with E-state index < -0.39 is 0 Å². The van der Waals surface area contributed by atoms with Crippen LogP contribution < -0.4 is 11.1 Å². The summed E-state index contributed by atoms with van der Waals surface area (Å²) < 4.78 is 0. The molecule has 1 atom stereocenters. The molecule has 98 valence electrons. The van der Waals surface area contributed by atoms with E-state index in [2.05, 4.69) is 10.3 Å². The Kier molecular flexibility index (Phi) is 4.49. The Morgan fingerprint density at radius 3 is 2.63 bits per heavy atom. The van der Waals surface area contributed by atoms with Crippen LogP contribution in [0.25, 0.3) is 0 Å². The van der Waals surface area contributed by atoms with Crippen LogP contribution in [0.4, 0.5) is 5.82 Å². The molecule has 2 aromatic rings. The number of halogens is 1. The molecule has 0 spiro atoms. The smallest absolute Gasteiger partial charge is 0.227 e. The van der Waals surface area contributed by atoms with Crippen LogP contribution in [0.3, 0.4) is 0 Å². The highest BCUT2D eigenvalue weighted by Gasteiger charge is 2.11. The average Bonchev–Trinajstić information content (AvgIpc) is 2.39. The molecule has 4 nitrogen and oxygen atoms in total. The molecule has 3 N–H and O–H groups in total. The third kappa shape index (κ3) is 4.05. The lowest BCUT2D eigenvalue weighted by atomic mass is 10.0. The monoisotopic (exact) mass is 275 g/mol. The van der Waals surface area contributed by atoms with E-state index in [4.69, 9.17) is 17.3 Å². The fourth-order valence-corrected chi connectivity index (χ4v) is 1.85. The number of rotatable bonds is 4. The molecule has 19 heavy (non-hydrogen) atoms. The van der Waals surface area contributed by atoms with Crippen molar-refractivity contribution in [2.24, 2.45) is 5.73 Å². The maximum atomic E-state index is 11.8. The Bertz CT molecular complexity index is 560. The lowest BCUT2D eigenvalue weighted by Gasteiger charge is -2.11. The van der Waals surface area contributed by atoms with Gasteiger partial charge in [0, 0.05) is 12.5 Å². The summed E-state index contributed by atoms with van der Waals surface area (Å²) in [6.07, 6.45) is 0.193. The van der Waals surface area contributed by atoms with Gasteiger partial charge in [-0.05, 0) is 17.7 Å². The van der Waals surface area contributed by atoms with Gasteiger partial charge in [0.25, 0.3) is 0 Å². The first-order chi connectivity index (χ1) is 9.15. The summed E-state index contributed by atoms with van der Waals surface area (Å²) in [7, 11) is 0. The predicted octanol–water partition coefficient (Wildman–Crippen LogP) is 2.76. The standard InChI is InChI=1S/C14H14ClN3O/c15-12-7-4-8-13(17-12)18-14(19)9-11(16)10-5-2-1-3-6-10/h1-8,11H,9,16H2,(H,17,18,19). The number of carbonyl (C=O) groups is 1. The highest BCUT2D eigenvalue weighted by Crippen LogP contribution is 2.15. The lowest BCUT2D eigenvalue weighted by molar-refractivity contribution is -0.116. The lowest BCUT2D eigenvalue weighted by Crippen LogP contribution is -2.21. The minimum absolute atomic E-state index is 0.189. The largest absolute Gasteiger partial charge is 0.324 e. The number of hydrogen-bond acceptors (Lipinski definition) is 3. The van der Waals surface area contributed by atoms with Crippen LogP contribution in [-0.2, 0) is 4.79 Å². The summed E-state index contributed by atoms with van der Waals surface area (Å²) >= 11 is 5.74. The van der Waals surface area contributed by atoms with E-state index >= 15 is 0 Å². The predicted molar refractivity (Wildman–Crippen MR) is 75.9 cm³/mol. The molecular formula is C14H14ClN3O. The Morgan fingerprint density at radius 1 is 1.21 bits per heavy atom. The van der Waals surface area contributed by atoms with Crippen LogP contribution in [0, 0.1) is 0 Å². The molecule has 0 saturated carbocycles. The van der Waals surface area contributed by atoms with Crippen molar-refractivity contribution in [3.63, 3.8) is 0 Å². The molecule has 1 unspecified atom stereocenters. The molecule has 0 saturated heterocycles. The van der Waals surface area contributed by atoms with Gasteiger partial charge in [-0.1, -0.05) is 48.0 Å². The number of pyridine rings is 1. The number of nitrogens with zero attached hydrogens (tertiary/aromatic N) is 1. The zero-order valence-corrected chi connectivity index (χ0v) is 11.0. The molecule has 0 aliphatic heterocycles. The average molecular weight is 276 g/mol. The first-order valence-electron chi connectivity index (χ1n) is 5.88. The van der Waals surface area contributed by atoms with Gasteiger partial charge < -0.3 is 11.1 Å². The highest BCUT2D eigenvalue weighted by molar-refractivity contribution is 6.29. The molecule has 1 heterocycles. The second-order valence-electron chi connectivity index (χ2n) is 4.12. The maximum absolute atomic E-state index is 11.8. The minimum Gasteiger partial charge on any atom is -0.324 e. The second-order valence-corrected chi connectivity index (χ2v) is 4.50. The topological polar surface area (TPSA) is 68.0 Å². The fourth-order valence-electron chi connectivity index (χ4n) is 1.69. The van der Waals surface area contributed by atoms with E-state index in [1.54, 1.807) is 18.2 Å². The van der Waals surface area contributed by atoms with Gasteiger partial charge in [-0.3, -0.25) is 4.79 Å². The van der Waals surface area contributed by atoms with Crippen LogP contribution >= 0.6 is 11.6 Å². The molecule has 5 heteroatoms. The van der Waals surface area contributed by atoms with Crippen molar-refractivity contribution in [1.82, 2.24) is 4.98 Å². The van der Waals surface area contributed by atoms with Crippen molar-refractivity contribution in [2.75, 3.05) is 5.32 Å². The van der Waals surface area contributed by atoms with Gasteiger partial charge in [-0.15, -0.1) is 0 Å². The summed E-state index contributed by atoms with van der Waals surface area (Å²) in [5.41, 5.74) is 6.90. The van der Waals surface area contributed by atoms with E-state index in [1.165, 1.54) is 0 Å². The van der Waals surface area contributed by atoms with Gasteiger partial charge in [0.1, 0.15) is 11.0 Å². The third-order valence-electron chi connectivity index (χ3n) is 2.62. The maximum Gasteiger partial charge on any atom is 0.227 e. The Balaban J connectivity index is 1.95. The minimum atomic E-state index is -0.333. The van der Waals surface area contributed by atoms with Gasteiger partial charge in [0.05, 0.1) is 0 Å². The number of anilines is 1. The van der Waals surface area contributed by atoms with Crippen molar-refractivity contribution in [3.05, 3.63) is 59.2 Å². The summed E-state index contributed by atoms with van der Waals surface area (Å²) in [5, 5.41) is 3.01. The number of amides is 1. The normalized spacial score (nSPS) is 11.9. The van der Waals surface area contributed by atoms with Crippen molar-refractivity contribution in [2.45, 2.75) is 12.5 Å². The van der Waals surface area contributed by atoms with Crippen LogP contribution in [-0.4, -0.2) is 10.9 Å². The summed E-state index contributed by atoms with van der Waals surface area (Å²) in [6.45, 7) is 0. The second kappa shape index (κ2) is 6.31. The molecule has 0 radical (unpaired) electrons. The van der Waals surface area contributed by atoms with Crippen LogP contribution in [0.15, 0.2) is 48.5 Å². The first kappa shape index (κ1) is 13.5. The Morgan fingerprint density at radius 2 is 1.95 bits per heavy atom. The first-order valence-corrected chi connectivity index (χ1v) is 6.26. The summed E-state index contributed by atoms with van der Waals surface area (Å²) in [5.74, 6) is 0.240. The molecule has 2 rings (SSSR count). The number of nitrogens with two attached hydrogens (primary N) is 1. The Hall–Kier alpha value is -1.91. The van der Waals surface area contributed by atoms with Gasteiger partial charge in [-0.2, -0.15) is 0 Å². The van der Waals surface area contributed by atoms with E-state index in [-0.39, 0.29) is 18.4 Å². The zero-order chi connectivity index (χ0) is 13.7. The SMILES string of the molecule is NC(CC(=O)Nc1cccc(Cl)n1)c1ccccc1. The van der Waals surface area contributed by atoms with Crippen LogP contribution in [0.1, 0.15) is 18.0 Å². The number of carbonyl (C=O) groups excluding carboxylic acids is 1. The van der Waals surface area contributed by atoms with E-state index in [0.29, 0.717) is 11.0 Å². The Labute approximate surface area is 116 Å². The van der Waals surface area contributed by atoms with E-state index in [0.717, 1.165) is 5.56 Å². The third-order valence-corrected chi connectivity index (χ3v) is 2.83. The molecule has 0 bridgehead atoms. The molecule has 1 aromatic carbocycles. The highest BCUT2D eigenvalue weighted by atomic mass is 35.5. The van der Waals surface area contributed by atoms with Gasteiger partial charge in [0.2, 0.25) is 5.91 Å². The molecule has 1 amide bonds. The van der Waals surface area contributed by atoms with Gasteiger partial charge in [-0.25, -0.2) is 4.98 Å². The zero-order valence-electron chi connectivity index (χ0n) is 10.2. The molecule has 0 aliphatic rings. The summed E-state index contributed by atoms with van der Waals surface area (Å²) in [4.78, 5) is 15.8. The van der Waals surface area contributed by atoms with Crippen molar-refractivity contribution in [3.8, 4) is 0 Å². The van der Waals surface area contributed by atoms with Gasteiger partial charge >= 0.3 is 0 Å². The molecule has 1 aromatic heterocycles. The van der Waals surface area contributed by atoms with Gasteiger partial charge in [0.15, 0.2) is 0 Å². The van der Waals surface area contributed by atoms with E-state index in [1.807, 2.05) is 30.3 Å². The van der Waals surface area contributed by atoms with Crippen molar-refractivity contribution >= 4 is 23.3 Å². The quantitative estimate of drug-likeness (QED) is 0.843. The fraction of sp³-hybridized carbons (Fsp3) is 0.143. The van der Waals surface area contributed by atoms with Crippen molar-refractivity contribution in [1.29, 1.82) is 0 Å². The summed E-state index contributed by atoms with van der Waals surface area (Å²) in [6, 6.07) is 14.2. The molecule has 0 aliphatic carbocycles. The molecular weight excluding hydrogens is 262 g/mol. The van der Waals surface area contributed by atoms with Crippen LogP contribution in [0.2, 0.25) is 5.15 Å². The van der Waals surface area contributed by atoms with E-state index in [9.17, 15) is 4.79 Å².